The van der Waals surface area contributed by atoms with Crippen LogP contribution < -0.4 is 0 Å². The van der Waals surface area contributed by atoms with Crippen molar-refractivity contribution in [2.75, 3.05) is 6.61 Å². The average Bonchev–Trinajstić information content (AvgIpc) is 2.17. The Balaban J connectivity index is 2.42. The molecule has 9 heavy (non-hydrogen) atoms. The smallest absolute Gasteiger partial charge is 0.331 e. The third kappa shape index (κ3) is 1.56. The first-order chi connectivity index (χ1) is 4.33. The molecule has 0 saturated carbocycles. The van der Waals surface area contributed by atoms with Crippen LogP contribution in [0.3, 0.4) is 0 Å². The molecular formula is C7H10O2. The fraction of sp³-hybridized carbons (Fsp3) is 0.571. The number of ether oxygens (including phenoxy) is 1. The van der Waals surface area contributed by atoms with E-state index in [0.717, 1.165) is 18.4 Å². The van der Waals surface area contributed by atoms with Crippen molar-refractivity contribution in [1.82, 2.24) is 0 Å². The Morgan fingerprint density at radius 1 is 1.78 bits per heavy atom. The minimum atomic E-state index is -0.182. The summed E-state index contributed by atoms with van der Waals surface area (Å²) in [6, 6.07) is 0. The summed E-state index contributed by atoms with van der Waals surface area (Å²) in [5.74, 6) is -0.182. The van der Waals surface area contributed by atoms with Gasteiger partial charge in [-0.15, -0.1) is 0 Å². The Hall–Kier alpha value is -0.790. The Morgan fingerprint density at radius 2 is 2.56 bits per heavy atom. The van der Waals surface area contributed by atoms with Crippen LogP contribution in [0.4, 0.5) is 0 Å². The van der Waals surface area contributed by atoms with E-state index in [1.165, 1.54) is 0 Å². The molecule has 0 spiro atoms. The van der Waals surface area contributed by atoms with E-state index in [0.29, 0.717) is 6.61 Å². The molecule has 0 saturated heterocycles. The second-order valence-electron chi connectivity index (χ2n) is 2.16. The lowest BCUT2D eigenvalue weighted by Crippen LogP contribution is -1.91. The van der Waals surface area contributed by atoms with Gasteiger partial charge in [0, 0.05) is 6.08 Å². The van der Waals surface area contributed by atoms with Gasteiger partial charge in [0.05, 0.1) is 0 Å². The van der Waals surface area contributed by atoms with Crippen LogP contribution in [-0.2, 0) is 9.53 Å². The summed E-state index contributed by atoms with van der Waals surface area (Å²) in [5.41, 5.74) is 1.13. The molecule has 1 heterocycles. The van der Waals surface area contributed by atoms with E-state index in [1.54, 1.807) is 6.08 Å². The van der Waals surface area contributed by atoms with Crippen molar-refractivity contribution in [1.29, 1.82) is 0 Å². The number of esters is 1. The van der Waals surface area contributed by atoms with Crippen molar-refractivity contribution in [2.24, 2.45) is 0 Å². The second-order valence-corrected chi connectivity index (χ2v) is 2.16. The maximum atomic E-state index is 10.4. The first-order valence-corrected chi connectivity index (χ1v) is 3.19. The molecule has 2 nitrogen and oxygen atoms in total. The van der Waals surface area contributed by atoms with Gasteiger partial charge in [0.1, 0.15) is 6.61 Å². The number of carbonyl (C=O) groups is 1. The van der Waals surface area contributed by atoms with Gasteiger partial charge in [0.25, 0.3) is 0 Å². The van der Waals surface area contributed by atoms with Crippen LogP contribution in [0.1, 0.15) is 19.8 Å². The summed E-state index contributed by atoms with van der Waals surface area (Å²) < 4.78 is 4.69. The highest BCUT2D eigenvalue weighted by Gasteiger charge is 2.10. The number of hydrogen-bond donors (Lipinski definition) is 0. The van der Waals surface area contributed by atoms with Gasteiger partial charge in [-0.25, -0.2) is 4.79 Å². The van der Waals surface area contributed by atoms with E-state index >= 15 is 0 Å². The molecule has 1 rings (SSSR count). The highest BCUT2D eigenvalue weighted by atomic mass is 16.5. The van der Waals surface area contributed by atoms with E-state index < -0.39 is 0 Å². The molecule has 0 aliphatic carbocycles. The summed E-state index contributed by atoms with van der Waals surface area (Å²) in [6.07, 6.45) is 3.66. The third-order valence-corrected chi connectivity index (χ3v) is 1.29. The van der Waals surface area contributed by atoms with Crippen LogP contribution in [0.25, 0.3) is 0 Å². The maximum absolute atomic E-state index is 10.4. The van der Waals surface area contributed by atoms with Crippen LogP contribution >= 0.6 is 0 Å². The van der Waals surface area contributed by atoms with E-state index in [-0.39, 0.29) is 5.97 Å². The summed E-state index contributed by atoms with van der Waals surface area (Å²) in [5, 5.41) is 0. The first kappa shape index (κ1) is 6.33. The Bertz CT molecular complexity index is 147. The average molecular weight is 126 g/mol. The Morgan fingerprint density at radius 3 is 3.00 bits per heavy atom. The summed E-state index contributed by atoms with van der Waals surface area (Å²) >= 11 is 0. The van der Waals surface area contributed by atoms with Crippen molar-refractivity contribution in [3.63, 3.8) is 0 Å². The zero-order chi connectivity index (χ0) is 6.69. The second kappa shape index (κ2) is 2.67. The molecule has 0 atom stereocenters. The van der Waals surface area contributed by atoms with Gasteiger partial charge in [0.15, 0.2) is 0 Å². The highest BCUT2D eigenvalue weighted by Crippen LogP contribution is 2.10. The van der Waals surface area contributed by atoms with Crippen molar-refractivity contribution in [2.45, 2.75) is 19.8 Å². The largest absolute Gasteiger partial charge is 0.458 e. The minimum Gasteiger partial charge on any atom is -0.458 e. The standard InChI is InChI=1S/C7H10O2/c1-2-3-6-4-7(8)9-5-6/h4H,2-3,5H2,1H3. The minimum absolute atomic E-state index is 0.182. The quantitative estimate of drug-likeness (QED) is 0.521. The molecule has 0 fully saturated rings. The maximum Gasteiger partial charge on any atom is 0.331 e. The lowest BCUT2D eigenvalue weighted by Gasteiger charge is -1.93. The summed E-state index contributed by atoms with van der Waals surface area (Å²) in [6.45, 7) is 2.61. The number of hydrogen-bond acceptors (Lipinski definition) is 2. The fourth-order valence-corrected chi connectivity index (χ4v) is 0.879. The molecule has 0 bridgehead atoms. The number of carbonyl (C=O) groups excluding carboxylic acids is 1. The van der Waals surface area contributed by atoms with Crippen molar-refractivity contribution < 1.29 is 9.53 Å². The van der Waals surface area contributed by atoms with Gasteiger partial charge in [-0.1, -0.05) is 13.3 Å². The van der Waals surface area contributed by atoms with Crippen LogP contribution in [0.5, 0.6) is 0 Å². The molecule has 0 aromatic carbocycles. The monoisotopic (exact) mass is 126 g/mol. The van der Waals surface area contributed by atoms with Crippen molar-refractivity contribution >= 4 is 5.97 Å². The van der Waals surface area contributed by atoms with Gasteiger partial charge in [-0.05, 0) is 12.0 Å². The number of rotatable bonds is 2. The predicted octanol–water partition coefficient (Wildman–Crippen LogP) is 1.27. The molecule has 0 N–H and O–H groups in total. The number of cyclic esters (lactones) is 1. The Labute approximate surface area is 54.5 Å². The van der Waals surface area contributed by atoms with E-state index in [1.807, 2.05) is 0 Å². The van der Waals surface area contributed by atoms with E-state index in [4.69, 9.17) is 0 Å². The van der Waals surface area contributed by atoms with E-state index in [9.17, 15) is 4.79 Å². The van der Waals surface area contributed by atoms with Gasteiger partial charge in [0.2, 0.25) is 0 Å². The summed E-state index contributed by atoms with van der Waals surface area (Å²) in [4.78, 5) is 10.4. The zero-order valence-corrected chi connectivity index (χ0v) is 5.52. The molecular weight excluding hydrogens is 116 g/mol. The zero-order valence-electron chi connectivity index (χ0n) is 5.52. The van der Waals surface area contributed by atoms with Gasteiger partial charge in [-0.2, -0.15) is 0 Å². The molecule has 0 aromatic heterocycles. The van der Waals surface area contributed by atoms with Crippen LogP contribution in [0.15, 0.2) is 11.6 Å². The topological polar surface area (TPSA) is 26.3 Å². The molecule has 0 radical (unpaired) electrons. The third-order valence-electron chi connectivity index (χ3n) is 1.29. The first-order valence-electron chi connectivity index (χ1n) is 3.19. The van der Waals surface area contributed by atoms with Crippen molar-refractivity contribution in [3.8, 4) is 0 Å². The predicted molar refractivity (Wildman–Crippen MR) is 33.9 cm³/mol. The van der Waals surface area contributed by atoms with E-state index in [2.05, 4.69) is 11.7 Å². The molecule has 0 aromatic rings. The molecule has 50 valence electrons. The van der Waals surface area contributed by atoms with Gasteiger partial charge < -0.3 is 4.74 Å². The Kier molecular flexibility index (Phi) is 1.88. The summed E-state index contributed by atoms with van der Waals surface area (Å²) in [7, 11) is 0. The molecule has 0 amide bonds. The molecule has 2 heteroatoms. The molecule has 1 aliphatic rings. The lowest BCUT2D eigenvalue weighted by atomic mass is 10.2. The van der Waals surface area contributed by atoms with Gasteiger partial charge >= 0.3 is 5.97 Å². The SMILES string of the molecule is CCCC1=CC(=O)OC1. The van der Waals surface area contributed by atoms with Crippen molar-refractivity contribution in [3.05, 3.63) is 11.6 Å². The highest BCUT2D eigenvalue weighted by molar-refractivity contribution is 5.85. The molecule has 1 aliphatic heterocycles. The van der Waals surface area contributed by atoms with Crippen LogP contribution in [0.2, 0.25) is 0 Å². The van der Waals surface area contributed by atoms with Crippen LogP contribution in [0, 0.1) is 0 Å². The van der Waals surface area contributed by atoms with Crippen LogP contribution in [-0.4, -0.2) is 12.6 Å². The lowest BCUT2D eigenvalue weighted by molar-refractivity contribution is -0.134. The molecule has 0 unspecified atom stereocenters. The normalized spacial score (nSPS) is 17.4. The van der Waals surface area contributed by atoms with Gasteiger partial charge in [-0.3, -0.25) is 0 Å². The fourth-order valence-electron chi connectivity index (χ4n) is 0.879.